The van der Waals surface area contributed by atoms with Gasteiger partial charge in [-0.2, -0.15) is 0 Å². The second-order valence-corrected chi connectivity index (χ2v) is 6.03. The van der Waals surface area contributed by atoms with E-state index in [9.17, 15) is 0 Å². The molecule has 2 saturated heterocycles. The van der Waals surface area contributed by atoms with E-state index in [1.807, 2.05) is 0 Å². The number of nitrogens with zero attached hydrogens (tertiary/aromatic N) is 2. The summed E-state index contributed by atoms with van der Waals surface area (Å²) >= 11 is 0. The molecule has 14 heavy (non-hydrogen) atoms. The van der Waals surface area contributed by atoms with Crippen LogP contribution >= 0.6 is 0 Å². The molecule has 0 amide bonds. The van der Waals surface area contributed by atoms with Crippen molar-refractivity contribution in [2.45, 2.75) is 45.2 Å². The van der Waals surface area contributed by atoms with Crippen LogP contribution in [0.3, 0.4) is 0 Å². The van der Waals surface area contributed by atoms with Crippen molar-refractivity contribution in [3.8, 4) is 0 Å². The molecule has 0 aromatic rings. The fourth-order valence-corrected chi connectivity index (χ4v) is 2.95. The Morgan fingerprint density at radius 3 is 2.43 bits per heavy atom. The van der Waals surface area contributed by atoms with Crippen LogP contribution in [0.25, 0.3) is 0 Å². The van der Waals surface area contributed by atoms with E-state index >= 15 is 0 Å². The molecule has 0 N–H and O–H groups in total. The van der Waals surface area contributed by atoms with E-state index in [1.54, 1.807) is 0 Å². The maximum atomic E-state index is 2.66. The average molecular weight is 196 g/mol. The average Bonchev–Trinajstić information content (AvgIpc) is 2.48. The lowest BCUT2D eigenvalue weighted by molar-refractivity contribution is 0.145. The summed E-state index contributed by atoms with van der Waals surface area (Å²) in [4.78, 5) is 5.23. The molecule has 0 aromatic carbocycles. The van der Waals surface area contributed by atoms with Gasteiger partial charge in [0.25, 0.3) is 0 Å². The van der Waals surface area contributed by atoms with Crippen LogP contribution in [-0.4, -0.2) is 48.1 Å². The summed E-state index contributed by atoms with van der Waals surface area (Å²) in [6, 6.07) is 0.836. The number of hydrogen-bond acceptors (Lipinski definition) is 2. The van der Waals surface area contributed by atoms with Gasteiger partial charge in [0.2, 0.25) is 0 Å². The minimum atomic E-state index is 0.359. The van der Waals surface area contributed by atoms with Gasteiger partial charge in [-0.05, 0) is 53.1 Å². The smallest absolute Gasteiger partial charge is 0.0260 e. The van der Waals surface area contributed by atoms with Gasteiger partial charge >= 0.3 is 0 Å². The van der Waals surface area contributed by atoms with E-state index in [4.69, 9.17) is 0 Å². The predicted octanol–water partition coefficient (Wildman–Crippen LogP) is 1.81. The number of rotatable bonds is 0. The van der Waals surface area contributed by atoms with Gasteiger partial charge in [0, 0.05) is 24.7 Å². The molecule has 0 aromatic heterocycles. The Morgan fingerprint density at radius 2 is 1.86 bits per heavy atom. The van der Waals surface area contributed by atoms with Crippen LogP contribution in [0.1, 0.15) is 33.6 Å². The van der Waals surface area contributed by atoms with Crippen molar-refractivity contribution in [2.75, 3.05) is 26.7 Å². The Labute approximate surface area is 88.3 Å². The lowest BCUT2D eigenvalue weighted by Crippen LogP contribution is -2.44. The number of likely N-dealkylation sites (N-methyl/N-ethyl adjacent to an activating group) is 1. The summed E-state index contributed by atoms with van der Waals surface area (Å²) in [7, 11) is 2.29. The van der Waals surface area contributed by atoms with Crippen molar-refractivity contribution in [2.24, 2.45) is 5.92 Å². The van der Waals surface area contributed by atoms with Crippen molar-refractivity contribution >= 4 is 0 Å². The zero-order chi connectivity index (χ0) is 10.3. The molecule has 0 aliphatic carbocycles. The highest BCUT2D eigenvalue weighted by Gasteiger charge is 2.40. The van der Waals surface area contributed by atoms with E-state index in [0.29, 0.717) is 5.54 Å². The Kier molecular flexibility index (Phi) is 2.61. The number of likely N-dealkylation sites (tertiary alicyclic amines) is 2. The Hall–Kier alpha value is -0.0800. The van der Waals surface area contributed by atoms with Gasteiger partial charge in [0.1, 0.15) is 0 Å². The zero-order valence-electron chi connectivity index (χ0n) is 10.1. The highest BCUT2D eigenvalue weighted by Crippen LogP contribution is 2.32. The van der Waals surface area contributed by atoms with Gasteiger partial charge in [-0.15, -0.1) is 0 Å². The molecule has 2 aliphatic rings. The summed E-state index contributed by atoms with van der Waals surface area (Å²) in [5, 5.41) is 0. The van der Waals surface area contributed by atoms with E-state index < -0.39 is 0 Å². The molecular weight excluding hydrogens is 172 g/mol. The van der Waals surface area contributed by atoms with Gasteiger partial charge in [0.15, 0.2) is 0 Å². The van der Waals surface area contributed by atoms with Crippen LogP contribution in [0.4, 0.5) is 0 Å². The lowest BCUT2D eigenvalue weighted by atomic mass is 9.93. The quantitative estimate of drug-likeness (QED) is 0.583. The van der Waals surface area contributed by atoms with Crippen molar-refractivity contribution in [3.63, 3.8) is 0 Å². The van der Waals surface area contributed by atoms with Crippen LogP contribution in [0.2, 0.25) is 0 Å². The van der Waals surface area contributed by atoms with Gasteiger partial charge in [-0.1, -0.05) is 0 Å². The number of hydrogen-bond donors (Lipinski definition) is 0. The van der Waals surface area contributed by atoms with Crippen molar-refractivity contribution in [3.05, 3.63) is 0 Å². The first kappa shape index (κ1) is 10.4. The van der Waals surface area contributed by atoms with E-state index in [1.165, 1.54) is 32.5 Å². The number of fused-ring (bicyclic) bond motifs is 1. The third kappa shape index (κ3) is 1.82. The van der Waals surface area contributed by atoms with E-state index in [-0.39, 0.29) is 0 Å². The maximum absolute atomic E-state index is 2.66. The molecule has 0 spiro atoms. The minimum Gasteiger partial charge on any atom is -0.302 e. The molecule has 2 heterocycles. The van der Waals surface area contributed by atoms with Crippen LogP contribution < -0.4 is 0 Å². The molecule has 0 bridgehead atoms. The lowest BCUT2D eigenvalue weighted by Gasteiger charge is -2.34. The first-order valence-corrected chi connectivity index (χ1v) is 5.94. The predicted molar refractivity (Wildman–Crippen MR) is 60.5 cm³/mol. The molecular formula is C12H24N2. The first-order chi connectivity index (χ1) is 6.48. The molecule has 2 fully saturated rings. The largest absolute Gasteiger partial charge is 0.302 e. The summed E-state index contributed by atoms with van der Waals surface area (Å²) in [6.07, 6.45) is 2.84. The summed E-state index contributed by atoms with van der Waals surface area (Å²) in [5.74, 6) is 0.938. The van der Waals surface area contributed by atoms with Crippen LogP contribution in [0.5, 0.6) is 0 Å². The van der Waals surface area contributed by atoms with Crippen molar-refractivity contribution in [1.29, 1.82) is 0 Å². The Balaban J connectivity index is 2.04. The normalized spacial score (nSPS) is 36.0. The van der Waals surface area contributed by atoms with Crippen molar-refractivity contribution < 1.29 is 0 Å². The first-order valence-electron chi connectivity index (χ1n) is 5.94. The monoisotopic (exact) mass is 196 g/mol. The zero-order valence-corrected chi connectivity index (χ0v) is 10.1. The minimum absolute atomic E-state index is 0.359. The second kappa shape index (κ2) is 3.49. The Bertz CT molecular complexity index is 207. The van der Waals surface area contributed by atoms with Crippen LogP contribution in [-0.2, 0) is 0 Å². The molecule has 2 rings (SSSR count). The molecule has 2 heteroatoms. The van der Waals surface area contributed by atoms with Crippen LogP contribution in [0, 0.1) is 5.92 Å². The molecule has 82 valence electrons. The molecule has 2 nitrogen and oxygen atoms in total. The molecule has 2 atom stereocenters. The second-order valence-electron chi connectivity index (χ2n) is 6.03. The van der Waals surface area contributed by atoms with Gasteiger partial charge < -0.3 is 4.90 Å². The third-order valence-corrected chi connectivity index (χ3v) is 4.01. The van der Waals surface area contributed by atoms with E-state index in [0.717, 1.165) is 12.0 Å². The van der Waals surface area contributed by atoms with Crippen LogP contribution in [0.15, 0.2) is 0 Å². The fourth-order valence-electron chi connectivity index (χ4n) is 2.95. The summed E-state index contributed by atoms with van der Waals surface area (Å²) < 4.78 is 0. The molecule has 0 radical (unpaired) electrons. The summed E-state index contributed by atoms with van der Waals surface area (Å²) in [5.41, 5.74) is 0.359. The van der Waals surface area contributed by atoms with Gasteiger partial charge in [-0.3, -0.25) is 4.90 Å². The fraction of sp³-hybridized carbons (Fsp3) is 1.00. The highest BCUT2D eigenvalue weighted by molar-refractivity contribution is 4.96. The van der Waals surface area contributed by atoms with Gasteiger partial charge in [0.05, 0.1) is 0 Å². The van der Waals surface area contributed by atoms with Crippen molar-refractivity contribution in [1.82, 2.24) is 9.80 Å². The summed E-state index contributed by atoms with van der Waals surface area (Å²) in [6.45, 7) is 10.9. The maximum Gasteiger partial charge on any atom is 0.0260 e. The third-order valence-electron chi connectivity index (χ3n) is 4.01. The van der Waals surface area contributed by atoms with Gasteiger partial charge in [-0.25, -0.2) is 0 Å². The SMILES string of the molecule is CN1CCCC2CN(C(C)(C)C)CC21. The molecule has 2 aliphatic heterocycles. The number of piperidine rings is 1. The topological polar surface area (TPSA) is 6.48 Å². The molecule has 2 unspecified atom stereocenters. The Morgan fingerprint density at radius 1 is 1.14 bits per heavy atom. The highest BCUT2D eigenvalue weighted by atomic mass is 15.3. The standard InChI is InChI=1S/C12H24N2/c1-12(2,3)14-8-10-6-5-7-13(4)11(10)9-14/h10-11H,5-9H2,1-4H3. The van der Waals surface area contributed by atoms with E-state index in [2.05, 4.69) is 37.6 Å². The molecule has 0 saturated carbocycles.